The van der Waals surface area contributed by atoms with Gasteiger partial charge in [-0.3, -0.25) is 9.69 Å². The van der Waals surface area contributed by atoms with Crippen LogP contribution in [0, 0.1) is 6.92 Å². The second kappa shape index (κ2) is 9.82. The van der Waals surface area contributed by atoms with E-state index >= 15 is 0 Å². The van der Waals surface area contributed by atoms with E-state index in [0.29, 0.717) is 25.2 Å². The van der Waals surface area contributed by atoms with E-state index in [1.807, 2.05) is 6.92 Å². The van der Waals surface area contributed by atoms with E-state index in [0.717, 1.165) is 64.1 Å². The van der Waals surface area contributed by atoms with Crippen molar-refractivity contribution < 1.29 is 17.9 Å². The van der Waals surface area contributed by atoms with Gasteiger partial charge in [-0.15, -0.1) is 0 Å². The van der Waals surface area contributed by atoms with E-state index < -0.39 is 10.0 Å². The van der Waals surface area contributed by atoms with E-state index in [9.17, 15) is 13.2 Å². The summed E-state index contributed by atoms with van der Waals surface area (Å²) in [5.41, 5.74) is 1.21. The molecule has 1 aromatic rings. The minimum Gasteiger partial charge on any atom is -0.379 e. The minimum atomic E-state index is -3.56. The van der Waals surface area contributed by atoms with Crippen molar-refractivity contribution in [1.82, 2.24) is 14.5 Å². The van der Waals surface area contributed by atoms with E-state index in [2.05, 4.69) is 10.2 Å². The van der Waals surface area contributed by atoms with Crippen LogP contribution in [-0.2, 0) is 14.8 Å². The summed E-state index contributed by atoms with van der Waals surface area (Å²) in [6.07, 6.45) is 3.91. The van der Waals surface area contributed by atoms with Gasteiger partial charge < -0.3 is 10.1 Å². The van der Waals surface area contributed by atoms with Crippen molar-refractivity contribution in [3.05, 3.63) is 29.3 Å². The fourth-order valence-corrected chi connectivity index (χ4v) is 5.23. The van der Waals surface area contributed by atoms with Gasteiger partial charge in [-0.1, -0.05) is 18.9 Å². The Morgan fingerprint density at radius 1 is 1.07 bits per heavy atom. The van der Waals surface area contributed by atoms with E-state index in [4.69, 9.17) is 4.74 Å². The summed E-state index contributed by atoms with van der Waals surface area (Å²) in [6.45, 7) is 7.43. The molecule has 2 heterocycles. The molecule has 0 spiro atoms. The maximum atomic E-state index is 13.0. The molecule has 1 aromatic carbocycles. The average molecular weight is 410 g/mol. The number of carbonyl (C=O) groups is 1. The van der Waals surface area contributed by atoms with Crippen molar-refractivity contribution in [2.24, 2.45) is 0 Å². The third kappa shape index (κ3) is 5.31. The predicted octanol–water partition coefficient (Wildman–Crippen LogP) is 1.62. The maximum Gasteiger partial charge on any atom is 0.251 e. The molecule has 0 aliphatic carbocycles. The van der Waals surface area contributed by atoms with Gasteiger partial charge in [0.05, 0.1) is 18.1 Å². The molecule has 0 bridgehead atoms. The van der Waals surface area contributed by atoms with Crippen LogP contribution in [0.4, 0.5) is 0 Å². The van der Waals surface area contributed by atoms with Gasteiger partial charge in [0.2, 0.25) is 10.0 Å². The monoisotopic (exact) mass is 409 g/mol. The zero-order valence-corrected chi connectivity index (χ0v) is 17.5. The van der Waals surface area contributed by atoms with Gasteiger partial charge in [-0.25, -0.2) is 8.42 Å². The summed E-state index contributed by atoms with van der Waals surface area (Å²) >= 11 is 0. The van der Waals surface area contributed by atoms with Crippen LogP contribution in [0.25, 0.3) is 0 Å². The van der Waals surface area contributed by atoms with Crippen LogP contribution in [0.2, 0.25) is 0 Å². The van der Waals surface area contributed by atoms with E-state index in [1.54, 1.807) is 16.4 Å². The Labute approximate surface area is 168 Å². The molecule has 2 saturated heterocycles. The molecule has 0 aromatic heterocycles. The molecular formula is C20H31N3O4S. The number of ether oxygens (including phenoxy) is 1. The molecule has 1 amide bonds. The van der Waals surface area contributed by atoms with Crippen LogP contribution in [0.15, 0.2) is 23.1 Å². The Balaban J connectivity index is 1.67. The zero-order valence-electron chi connectivity index (χ0n) is 16.7. The molecule has 2 aliphatic heterocycles. The summed E-state index contributed by atoms with van der Waals surface area (Å²) in [5.74, 6) is -0.223. The summed E-state index contributed by atoms with van der Waals surface area (Å²) in [6, 6.07) is 4.86. The summed E-state index contributed by atoms with van der Waals surface area (Å²) in [7, 11) is -3.56. The van der Waals surface area contributed by atoms with Crippen molar-refractivity contribution in [2.45, 2.75) is 37.5 Å². The lowest BCUT2D eigenvalue weighted by atomic mass is 10.1. The first-order valence-corrected chi connectivity index (χ1v) is 11.6. The number of hydrogen-bond acceptors (Lipinski definition) is 5. The van der Waals surface area contributed by atoms with Gasteiger partial charge in [0.25, 0.3) is 5.91 Å². The van der Waals surface area contributed by atoms with Crippen LogP contribution in [-0.4, -0.2) is 76.0 Å². The normalized spacial score (nSPS) is 19.9. The number of sulfonamides is 1. The summed E-state index contributed by atoms with van der Waals surface area (Å²) in [5, 5.41) is 2.93. The van der Waals surface area contributed by atoms with Crippen molar-refractivity contribution in [3.63, 3.8) is 0 Å². The van der Waals surface area contributed by atoms with Crippen LogP contribution in [0.1, 0.15) is 41.6 Å². The van der Waals surface area contributed by atoms with Crippen LogP contribution < -0.4 is 5.32 Å². The van der Waals surface area contributed by atoms with Crippen LogP contribution in [0.5, 0.6) is 0 Å². The van der Waals surface area contributed by atoms with Crippen LogP contribution >= 0.6 is 0 Å². The van der Waals surface area contributed by atoms with Crippen molar-refractivity contribution in [2.75, 3.05) is 52.5 Å². The first-order valence-electron chi connectivity index (χ1n) is 10.2. The highest BCUT2D eigenvalue weighted by atomic mass is 32.2. The zero-order chi connectivity index (χ0) is 20.0. The van der Waals surface area contributed by atoms with Gasteiger partial charge in [0.15, 0.2) is 0 Å². The van der Waals surface area contributed by atoms with E-state index in [1.165, 1.54) is 6.07 Å². The Bertz CT molecular complexity index is 768. The Kier molecular flexibility index (Phi) is 7.45. The largest absolute Gasteiger partial charge is 0.379 e. The second-order valence-corrected chi connectivity index (χ2v) is 9.44. The van der Waals surface area contributed by atoms with Gasteiger partial charge in [0.1, 0.15) is 0 Å². The molecule has 8 heteroatoms. The molecule has 1 N–H and O–H groups in total. The quantitative estimate of drug-likeness (QED) is 0.772. The number of carbonyl (C=O) groups excluding carboxylic acids is 1. The van der Waals surface area contributed by atoms with Gasteiger partial charge in [-0.05, 0) is 37.5 Å². The predicted molar refractivity (Wildman–Crippen MR) is 108 cm³/mol. The number of aryl methyl sites for hydroxylation is 1. The van der Waals surface area contributed by atoms with Crippen molar-refractivity contribution in [1.29, 1.82) is 0 Å². The van der Waals surface area contributed by atoms with Crippen molar-refractivity contribution >= 4 is 15.9 Å². The lowest BCUT2D eigenvalue weighted by Crippen LogP contribution is -2.41. The molecule has 156 valence electrons. The molecule has 7 nitrogen and oxygen atoms in total. The number of amides is 1. The molecule has 2 fully saturated rings. The third-order valence-corrected chi connectivity index (χ3v) is 7.37. The number of rotatable bonds is 6. The first-order chi connectivity index (χ1) is 13.5. The van der Waals surface area contributed by atoms with Gasteiger partial charge in [-0.2, -0.15) is 4.31 Å². The Hall–Kier alpha value is -1.48. The lowest BCUT2D eigenvalue weighted by Gasteiger charge is -2.26. The number of nitrogens with zero attached hydrogens (tertiary/aromatic N) is 2. The summed E-state index contributed by atoms with van der Waals surface area (Å²) in [4.78, 5) is 15.1. The molecule has 3 rings (SSSR count). The molecule has 2 aliphatic rings. The highest BCUT2D eigenvalue weighted by Gasteiger charge is 2.26. The second-order valence-electron chi connectivity index (χ2n) is 7.50. The highest BCUT2D eigenvalue weighted by Crippen LogP contribution is 2.22. The van der Waals surface area contributed by atoms with E-state index in [-0.39, 0.29) is 10.8 Å². The maximum absolute atomic E-state index is 13.0. The molecule has 0 saturated carbocycles. The standard InChI is InChI=1S/C20H31N3O4S/c1-17-6-7-18(28(25,26)23-9-4-2-3-5-10-23)16-19(17)20(24)21-8-11-22-12-14-27-15-13-22/h6-7,16H,2-5,8-15H2,1H3,(H,21,24). The Morgan fingerprint density at radius 3 is 2.43 bits per heavy atom. The molecule has 0 unspecified atom stereocenters. The first kappa shape index (κ1) is 21.2. The lowest BCUT2D eigenvalue weighted by molar-refractivity contribution is 0.0383. The Morgan fingerprint density at radius 2 is 1.75 bits per heavy atom. The average Bonchev–Trinajstić information content (AvgIpc) is 2.99. The SMILES string of the molecule is Cc1ccc(S(=O)(=O)N2CCCCCC2)cc1C(=O)NCCN1CCOCC1. The number of nitrogens with one attached hydrogen (secondary N) is 1. The smallest absolute Gasteiger partial charge is 0.251 e. The van der Waals surface area contributed by atoms with Crippen molar-refractivity contribution in [3.8, 4) is 0 Å². The fraction of sp³-hybridized carbons (Fsp3) is 0.650. The molecular weight excluding hydrogens is 378 g/mol. The molecule has 0 radical (unpaired) electrons. The number of morpholine rings is 1. The highest BCUT2D eigenvalue weighted by molar-refractivity contribution is 7.89. The molecule has 0 atom stereocenters. The fourth-order valence-electron chi connectivity index (χ4n) is 3.68. The molecule has 28 heavy (non-hydrogen) atoms. The number of benzene rings is 1. The van der Waals surface area contributed by atoms with Gasteiger partial charge in [0, 0.05) is 44.8 Å². The topological polar surface area (TPSA) is 79.0 Å². The van der Waals surface area contributed by atoms with Crippen LogP contribution in [0.3, 0.4) is 0 Å². The third-order valence-electron chi connectivity index (χ3n) is 5.47. The van der Waals surface area contributed by atoms with Gasteiger partial charge >= 0.3 is 0 Å². The minimum absolute atomic E-state index is 0.207. The number of hydrogen-bond donors (Lipinski definition) is 1. The summed E-state index contributed by atoms with van der Waals surface area (Å²) < 4.78 is 32.9.